The number of carbonyl (C=O) groups excluding carboxylic acids is 1. The molecular formula is C22H16FN3OS. The third kappa shape index (κ3) is 4.13. The summed E-state index contributed by atoms with van der Waals surface area (Å²) in [6.45, 7) is 0.279. The molecule has 28 heavy (non-hydrogen) atoms. The van der Waals surface area contributed by atoms with E-state index in [-0.39, 0.29) is 18.3 Å². The van der Waals surface area contributed by atoms with Crippen molar-refractivity contribution in [2.75, 3.05) is 4.90 Å². The quantitative estimate of drug-likeness (QED) is 0.447. The van der Waals surface area contributed by atoms with E-state index in [0.29, 0.717) is 15.3 Å². The smallest absolute Gasteiger partial charge is 0.253 e. The van der Waals surface area contributed by atoms with Gasteiger partial charge in [-0.1, -0.05) is 47.7 Å². The largest absolute Gasteiger partial charge is 0.278 e. The van der Waals surface area contributed by atoms with Gasteiger partial charge in [0.25, 0.3) is 5.91 Å². The highest BCUT2D eigenvalue weighted by Crippen LogP contribution is 2.30. The van der Waals surface area contributed by atoms with Gasteiger partial charge in [0, 0.05) is 12.3 Å². The zero-order valence-corrected chi connectivity index (χ0v) is 15.6. The minimum absolute atomic E-state index is 0.214. The summed E-state index contributed by atoms with van der Waals surface area (Å²) in [4.78, 5) is 23.4. The van der Waals surface area contributed by atoms with Crippen molar-refractivity contribution in [3.63, 3.8) is 0 Å². The molecule has 0 bridgehead atoms. The van der Waals surface area contributed by atoms with Gasteiger partial charge in [-0.3, -0.25) is 14.7 Å². The Bertz CT molecular complexity index is 1130. The molecule has 6 heteroatoms. The average molecular weight is 389 g/mol. The van der Waals surface area contributed by atoms with Crippen molar-refractivity contribution in [1.29, 1.82) is 0 Å². The van der Waals surface area contributed by atoms with Crippen LogP contribution in [0.1, 0.15) is 11.3 Å². The van der Waals surface area contributed by atoms with E-state index >= 15 is 0 Å². The number of anilines is 1. The summed E-state index contributed by atoms with van der Waals surface area (Å²) >= 11 is 1.28. The van der Waals surface area contributed by atoms with E-state index in [1.807, 2.05) is 48.5 Å². The molecule has 0 radical (unpaired) electrons. The molecule has 2 heterocycles. The van der Waals surface area contributed by atoms with Crippen LogP contribution < -0.4 is 4.90 Å². The first-order valence-corrected chi connectivity index (χ1v) is 9.51. The molecule has 0 fully saturated rings. The predicted molar refractivity (Wildman–Crippen MR) is 110 cm³/mol. The monoisotopic (exact) mass is 389 g/mol. The lowest BCUT2D eigenvalue weighted by Gasteiger charge is -2.17. The van der Waals surface area contributed by atoms with Crippen LogP contribution in [0.15, 0.2) is 79.0 Å². The fourth-order valence-corrected chi connectivity index (χ4v) is 3.71. The molecule has 0 saturated carbocycles. The Morgan fingerprint density at radius 1 is 1.07 bits per heavy atom. The van der Waals surface area contributed by atoms with Crippen LogP contribution in [0.5, 0.6) is 0 Å². The first-order valence-electron chi connectivity index (χ1n) is 8.70. The van der Waals surface area contributed by atoms with Crippen LogP contribution in [0, 0.1) is 5.82 Å². The number of aromatic nitrogens is 2. The lowest BCUT2D eigenvalue weighted by atomic mass is 10.2. The highest BCUT2D eigenvalue weighted by molar-refractivity contribution is 7.22. The number of thiazole rings is 1. The Morgan fingerprint density at radius 3 is 2.68 bits per heavy atom. The molecule has 0 unspecified atom stereocenters. The third-order valence-electron chi connectivity index (χ3n) is 4.10. The van der Waals surface area contributed by atoms with Crippen LogP contribution in [0.2, 0.25) is 0 Å². The minimum Gasteiger partial charge on any atom is -0.278 e. The van der Waals surface area contributed by atoms with E-state index in [1.165, 1.54) is 29.5 Å². The first kappa shape index (κ1) is 18.0. The van der Waals surface area contributed by atoms with Crippen LogP contribution in [-0.2, 0) is 11.3 Å². The summed E-state index contributed by atoms with van der Waals surface area (Å²) in [5.41, 5.74) is 2.33. The van der Waals surface area contributed by atoms with E-state index in [4.69, 9.17) is 0 Å². The molecular weight excluding hydrogens is 373 g/mol. The molecule has 4 rings (SSSR count). The summed E-state index contributed by atoms with van der Waals surface area (Å²) in [5, 5.41) is 0.508. The number of hydrogen-bond acceptors (Lipinski definition) is 4. The second kappa shape index (κ2) is 8.10. The Kier molecular flexibility index (Phi) is 5.21. The maximum atomic E-state index is 13.5. The maximum absolute atomic E-state index is 13.5. The molecule has 2 aromatic heterocycles. The summed E-state index contributed by atoms with van der Waals surface area (Å²) in [6, 6.07) is 19.6. The summed E-state index contributed by atoms with van der Waals surface area (Å²) in [6.07, 6.45) is 4.97. The van der Waals surface area contributed by atoms with Crippen molar-refractivity contribution >= 4 is 38.7 Å². The van der Waals surface area contributed by atoms with Gasteiger partial charge in [-0.05, 0) is 42.0 Å². The molecule has 0 aliphatic carbocycles. The summed E-state index contributed by atoms with van der Waals surface area (Å²) in [5.74, 6) is -0.539. The van der Waals surface area contributed by atoms with Gasteiger partial charge in [0.05, 0.1) is 22.5 Å². The van der Waals surface area contributed by atoms with Gasteiger partial charge in [0.2, 0.25) is 0 Å². The lowest BCUT2D eigenvalue weighted by molar-refractivity contribution is -0.114. The van der Waals surface area contributed by atoms with Gasteiger partial charge >= 0.3 is 0 Å². The highest BCUT2D eigenvalue weighted by Gasteiger charge is 2.19. The number of carbonyl (C=O) groups is 1. The van der Waals surface area contributed by atoms with Gasteiger partial charge in [0.1, 0.15) is 5.82 Å². The van der Waals surface area contributed by atoms with Crippen molar-refractivity contribution in [1.82, 2.24) is 9.97 Å². The highest BCUT2D eigenvalue weighted by atomic mass is 32.1. The maximum Gasteiger partial charge on any atom is 0.253 e. The van der Waals surface area contributed by atoms with E-state index in [1.54, 1.807) is 23.2 Å². The van der Waals surface area contributed by atoms with Gasteiger partial charge < -0.3 is 0 Å². The van der Waals surface area contributed by atoms with Crippen molar-refractivity contribution in [2.24, 2.45) is 0 Å². The van der Waals surface area contributed by atoms with Crippen LogP contribution in [0.4, 0.5) is 9.52 Å². The number of nitrogens with zero attached hydrogens (tertiary/aromatic N) is 3. The molecule has 0 aliphatic rings. The normalized spacial score (nSPS) is 11.2. The SMILES string of the molecule is O=C(/C=C/c1ccccc1)N(Cc1ccccn1)c1nc2ccc(F)cc2s1. The van der Waals surface area contributed by atoms with Crippen molar-refractivity contribution in [2.45, 2.75) is 6.54 Å². The second-order valence-corrected chi connectivity index (χ2v) is 7.11. The third-order valence-corrected chi connectivity index (χ3v) is 5.14. The Hall–Kier alpha value is -3.38. The number of hydrogen-bond donors (Lipinski definition) is 0. The average Bonchev–Trinajstić information content (AvgIpc) is 3.14. The molecule has 4 aromatic rings. The first-order chi connectivity index (χ1) is 13.7. The van der Waals surface area contributed by atoms with Gasteiger partial charge in [-0.15, -0.1) is 0 Å². The zero-order valence-electron chi connectivity index (χ0n) is 14.8. The second-order valence-electron chi connectivity index (χ2n) is 6.10. The van der Waals surface area contributed by atoms with Gasteiger partial charge in [0.15, 0.2) is 5.13 Å². The molecule has 0 aliphatic heterocycles. The van der Waals surface area contributed by atoms with E-state index in [2.05, 4.69) is 9.97 Å². The lowest BCUT2D eigenvalue weighted by Crippen LogP contribution is -2.29. The number of pyridine rings is 1. The number of halogens is 1. The topological polar surface area (TPSA) is 46.1 Å². The van der Waals surface area contributed by atoms with Crippen LogP contribution in [0.25, 0.3) is 16.3 Å². The zero-order chi connectivity index (χ0) is 19.3. The number of amides is 1. The number of fused-ring (bicyclic) bond motifs is 1. The van der Waals surface area contributed by atoms with Crippen LogP contribution in [0.3, 0.4) is 0 Å². The van der Waals surface area contributed by atoms with Crippen LogP contribution in [-0.4, -0.2) is 15.9 Å². The van der Waals surface area contributed by atoms with Gasteiger partial charge in [-0.2, -0.15) is 0 Å². The Labute approximate surface area is 165 Å². The van der Waals surface area contributed by atoms with Crippen molar-refractivity contribution < 1.29 is 9.18 Å². The molecule has 1 amide bonds. The summed E-state index contributed by atoms with van der Waals surface area (Å²) in [7, 11) is 0. The standard InChI is InChI=1S/C22H16FN3OS/c23-17-10-11-19-20(14-17)28-22(25-19)26(15-18-8-4-5-13-24-18)21(27)12-9-16-6-2-1-3-7-16/h1-14H,15H2/b12-9+. The van der Waals surface area contributed by atoms with E-state index in [0.717, 1.165) is 11.3 Å². The van der Waals surface area contributed by atoms with Crippen LogP contribution >= 0.6 is 11.3 Å². The van der Waals surface area contributed by atoms with Crippen molar-refractivity contribution in [3.05, 3.63) is 96.1 Å². The molecule has 2 aromatic carbocycles. The van der Waals surface area contributed by atoms with E-state index in [9.17, 15) is 9.18 Å². The molecule has 0 saturated heterocycles. The Balaban J connectivity index is 1.68. The molecule has 0 atom stereocenters. The molecule has 0 spiro atoms. The van der Waals surface area contributed by atoms with Gasteiger partial charge in [-0.25, -0.2) is 9.37 Å². The molecule has 0 N–H and O–H groups in total. The molecule has 138 valence electrons. The number of rotatable bonds is 5. The van der Waals surface area contributed by atoms with E-state index < -0.39 is 0 Å². The number of benzene rings is 2. The predicted octanol–water partition coefficient (Wildman–Crippen LogP) is 5.08. The Morgan fingerprint density at radius 2 is 1.89 bits per heavy atom. The summed E-state index contributed by atoms with van der Waals surface area (Å²) < 4.78 is 14.2. The fourth-order valence-electron chi connectivity index (χ4n) is 2.72. The van der Waals surface area contributed by atoms with Crippen molar-refractivity contribution in [3.8, 4) is 0 Å². The fraction of sp³-hybridized carbons (Fsp3) is 0.0455. The molecule has 4 nitrogen and oxygen atoms in total. The minimum atomic E-state index is -0.325.